The van der Waals surface area contributed by atoms with Crippen LogP contribution in [0.1, 0.15) is 31.6 Å². The lowest BCUT2D eigenvalue weighted by Gasteiger charge is -2.17. The van der Waals surface area contributed by atoms with Gasteiger partial charge in [-0.3, -0.25) is 9.59 Å². The molecule has 0 radical (unpaired) electrons. The second kappa shape index (κ2) is 6.84. The second-order valence-corrected chi connectivity index (χ2v) is 6.43. The number of hydroxylamine groups is 2. The first-order valence-corrected chi connectivity index (χ1v) is 7.73. The fraction of sp³-hybridized carbons (Fsp3) is 0.385. The maximum atomic E-state index is 12.3. The maximum absolute atomic E-state index is 12.3. The van der Waals surface area contributed by atoms with Crippen molar-refractivity contribution in [1.82, 2.24) is 10.0 Å². The molecule has 0 bridgehead atoms. The third kappa shape index (κ3) is 4.09. The average Bonchev–Trinajstić information content (AvgIpc) is 3.08. The SMILES string of the molecule is CC(C)(ON=C(C(=O)ON1C(=O)CCC1=O)c1cnc(N)s1)C(=O)O. The van der Waals surface area contributed by atoms with Crippen molar-refractivity contribution in [1.29, 1.82) is 0 Å². The minimum absolute atomic E-state index is 0.0748. The third-order valence-corrected chi connectivity index (χ3v) is 3.84. The highest BCUT2D eigenvalue weighted by atomic mass is 32.1. The van der Waals surface area contributed by atoms with Crippen molar-refractivity contribution in [2.75, 3.05) is 5.73 Å². The van der Waals surface area contributed by atoms with E-state index in [0.717, 1.165) is 11.3 Å². The lowest BCUT2D eigenvalue weighted by molar-refractivity contribution is -0.192. The van der Waals surface area contributed by atoms with Crippen LogP contribution >= 0.6 is 11.3 Å². The average molecular weight is 370 g/mol. The molecule has 25 heavy (non-hydrogen) atoms. The van der Waals surface area contributed by atoms with E-state index in [2.05, 4.69) is 10.1 Å². The van der Waals surface area contributed by atoms with Gasteiger partial charge in [-0.15, -0.1) is 5.06 Å². The van der Waals surface area contributed by atoms with E-state index in [1.807, 2.05) is 0 Å². The summed E-state index contributed by atoms with van der Waals surface area (Å²) in [6.45, 7) is 2.44. The minimum Gasteiger partial charge on any atom is -0.478 e. The number of nitrogens with zero attached hydrogens (tertiary/aromatic N) is 3. The Hall–Kier alpha value is -3.02. The topological polar surface area (TPSA) is 161 Å². The Bertz CT molecular complexity index is 754. The van der Waals surface area contributed by atoms with Gasteiger partial charge in [-0.25, -0.2) is 14.6 Å². The van der Waals surface area contributed by atoms with Crippen LogP contribution in [-0.4, -0.2) is 50.2 Å². The fourth-order valence-corrected chi connectivity index (χ4v) is 2.22. The summed E-state index contributed by atoms with van der Waals surface area (Å²) in [6.07, 6.45) is 1.05. The number of nitrogens with two attached hydrogens (primary N) is 1. The number of hydrogen-bond acceptors (Lipinski definition) is 10. The van der Waals surface area contributed by atoms with Gasteiger partial charge in [-0.2, -0.15) is 0 Å². The van der Waals surface area contributed by atoms with Crippen LogP contribution in [0.5, 0.6) is 0 Å². The van der Waals surface area contributed by atoms with E-state index in [1.165, 1.54) is 20.0 Å². The molecule has 1 aromatic heterocycles. The van der Waals surface area contributed by atoms with Gasteiger partial charge < -0.3 is 20.5 Å². The Labute approximate surface area is 145 Å². The molecule has 0 saturated carbocycles. The molecule has 2 heterocycles. The summed E-state index contributed by atoms with van der Waals surface area (Å²) in [7, 11) is 0. The van der Waals surface area contributed by atoms with Crippen LogP contribution < -0.4 is 5.73 Å². The summed E-state index contributed by atoms with van der Waals surface area (Å²) in [6, 6.07) is 0. The number of rotatable bonds is 6. The highest BCUT2D eigenvalue weighted by Gasteiger charge is 2.36. The number of amides is 2. The van der Waals surface area contributed by atoms with E-state index in [1.54, 1.807) is 0 Å². The molecule has 0 aromatic carbocycles. The van der Waals surface area contributed by atoms with Gasteiger partial charge in [0.1, 0.15) is 0 Å². The van der Waals surface area contributed by atoms with E-state index >= 15 is 0 Å². The molecule has 134 valence electrons. The van der Waals surface area contributed by atoms with Crippen molar-refractivity contribution in [2.24, 2.45) is 5.16 Å². The lowest BCUT2D eigenvalue weighted by Crippen LogP contribution is -2.36. The predicted molar refractivity (Wildman–Crippen MR) is 83.0 cm³/mol. The summed E-state index contributed by atoms with van der Waals surface area (Å²) >= 11 is 0.862. The monoisotopic (exact) mass is 370 g/mol. The van der Waals surface area contributed by atoms with Crippen LogP contribution in [0, 0.1) is 0 Å². The summed E-state index contributed by atoms with van der Waals surface area (Å²) in [5.74, 6) is -3.85. The third-order valence-electron chi connectivity index (χ3n) is 3.01. The number of anilines is 1. The highest BCUT2D eigenvalue weighted by Crippen LogP contribution is 2.20. The number of oxime groups is 1. The molecule has 1 aliphatic rings. The smallest absolute Gasteiger partial charge is 0.387 e. The van der Waals surface area contributed by atoms with Gasteiger partial charge >= 0.3 is 11.9 Å². The minimum atomic E-state index is -1.74. The summed E-state index contributed by atoms with van der Waals surface area (Å²) < 4.78 is 0. The van der Waals surface area contributed by atoms with Crippen LogP contribution in [0.15, 0.2) is 11.4 Å². The fourth-order valence-electron chi connectivity index (χ4n) is 1.56. The molecular formula is C13H14N4O7S. The zero-order chi connectivity index (χ0) is 18.8. The molecule has 1 fully saturated rings. The van der Waals surface area contributed by atoms with E-state index < -0.39 is 35.1 Å². The predicted octanol–water partition coefficient (Wildman–Crippen LogP) is -0.0836. The zero-order valence-corrected chi connectivity index (χ0v) is 14.0. The Morgan fingerprint density at radius 2 is 1.96 bits per heavy atom. The van der Waals surface area contributed by atoms with Crippen LogP contribution in [0.25, 0.3) is 0 Å². The van der Waals surface area contributed by atoms with Crippen molar-refractivity contribution in [2.45, 2.75) is 32.3 Å². The van der Waals surface area contributed by atoms with Crippen LogP contribution in [0.3, 0.4) is 0 Å². The first-order chi connectivity index (χ1) is 11.6. The zero-order valence-electron chi connectivity index (χ0n) is 13.2. The number of carbonyl (C=O) groups excluding carboxylic acids is 3. The molecule has 1 aliphatic heterocycles. The number of carbonyl (C=O) groups is 4. The lowest BCUT2D eigenvalue weighted by atomic mass is 10.1. The van der Waals surface area contributed by atoms with Crippen molar-refractivity contribution in [3.8, 4) is 0 Å². The molecule has 0 unspecified atom stereocenters. The van der Waals surface area contributed by atoms with Crippen LogP contribution in [-0.2, 0) is 28.9 Å². The number of nitrogen functional groups attached to an aromatic ring is 1. The summed E-state index contributed by atoms with van der Waals surface area (Å²) in [5.41, 5.74) is 3.29. The highest BCUT2D eigenvalue weighted by molar-refractivity contribution is 7.18. The van der Waals surface area contributed by atoms with Gasteiger partial charge in [-0.05, 0) is 13.8 Å². The standard InChI is InChI=1S/C13H14N4O7S/c1-13(2,11(21)22)24-16-9(6-5-15-12(14)25-6)10(20)23-17-7(18)3-4-8(17)19/h5H,3-4H2,1-2H3,(H2,14,15)(H,21,22). The Kier molecular flexibility index (Phi) is 5.02. The summed E-state index contributed by atoms with van der Waals surface area (Å²) in [5, 5.41) is 13.0. The van der Waals surface area contributed by atoms with E-state index in [0.29, 0.717) is 5.06 Å². The largest absolute Gasteiger partial charge is 0.478 e. The normalized spacial score (nSPS) is 15.4. The molecule has 0 spiro atoms. The van der Waals surface area contributed by atoms with Gasteiger partial charge in [0.05, 0.1) is 11.1 Å². The number of aromatic nitrogens is 1. The first kappa shape index (κ1) is 18.3. The Morgan fingerprint density at radius 1 is 1.36 bits per heavy atom. The van der Waals surface area contributed by atoms with E-state index in [4.69, 9.17) is 20.5 Å². The molecule has 3 N–H and O–H groups in total. The van der Waals surface area contributed by atoms with Gasteiger partial charge in [-0.1, -0.05) is 16.5 Å². The number of carboxylic acid groups (broad SMARTS) is 1. The second-order valence-electron chi connectivity index (χ2n) is 5.37. The quantitative estimate of drug-likeness (QED) is 0.396. The molecule has 12 heteroatoms. The number of aliphatic carboxylic acids is 1. The Morgan fingerprint density at radius 3 is 2.44 bits per heavy atom. The molecule has 1 saturated heterocycles. The molecule has 2 rings (SSSR count). The summed E-state index contributed by atoms with van der Waals surface area (Å²) in [4.78, 5) is 60.0. The van der Waals surface area contributed by atoms with Gasteiger partial charge in [0.2, 0.25) is 11.3 Å². The number of imide groups is 1. The molecule has 11 nitrogen and oxygen atoms in total. The van der Waals surface area contributed by atoms with E-state index in [9.17, 15) is 19.2 Å². The van der Waals surface area contributed by atoms with Gasteiger partial charge in [0, 0.05) is 12.8 Å². The van der Waals surface area contributed by atoms with Crippen molar-refractivity contribution in [3.05, 3.63) is 11.1 Å². The van der Waals surface area contributed by atoms with Crippen LogP contribution in [0.4, 0.5) is 5.13 Å². The van der Waals surface area contributed by atoms with Crippen LogP contribution in [0.2, 0.25) is 0 Å². The molecule has 0 atom stereocenters. The van der Waals surface area contributed by atoms with Crippen molar-refractivity contribution >= 4 is 45.9 Å². The maximum Gasteiger partial charge on any atom is 0.387 e. The van der Waals surface area contributed by atoms with Gasteiger partial charge in [0.15, 0.2) is 5.13 Å². The number of thiazole rings is 1. The van der Waals surface area contributed by atoms with Gasteiger partial charge in [0.25, 0.3) is 11.8 Å². The molecule has 2 amide bonds. The first-order valence-electron chi connectivity index (χ1n) is 6.91. The number of carboxylic acids is 1. The van der Waals surface area contributed by atoms with Crippen molar-refractivity contribution < 1.29 is 34.0 Å². The number of hydrogen-bond donors (Lipinski definition) is 2. The Balaban J connectivity index is 2.28. The molecule has 0 aliphatic carbocycles. The van der Waals surface area contributed by atoms with Crippen molar-refractivity contribution in [3.63, 3.8) is 0 Å². The molecule has 1 aromatic rings. The van der Waals surface area contributed by atoms with E-state index in [-0.39, 0.29) is 22.9 Å². The molecular weight excluding hydrogens is 356 g/mol.